The monoisotopic (exact) mass is 641 g/mol. The molecule has 1 amide bonds. The fourth-order valence-corrected chi connectivity index (χ4v) is 10.7. The van der Waals surface area contributed by atoms with Gasteiger partial charge in [-0.2, -0.15) is 0 Å². The number of H-pyrrole nitrogens is 1. The minimum Gasteiger partial charge on any atom is -0.496 e. The largest absolute Gasteiger partial charge is 0.496 e. The van der Waals surface area contributed by atoms with E-state index >= 15 is 0 Å². The van der Waals surface area contributed by atoms with Gasteiger partial charge in [0.2, 0.25) is 0 Å². The number of likely N-dealkylation sites (tertiary alicyclic amines) is 1. The third-order valence-electron chi connectivity index (χ3n) is 12.6. The summed E-state index contributed by atoms with van der Waals surface area (Å²) in [7, 11) is 1.55. The first-order valence-electron chi connectivity index (χ1n) is 18.3. The number of nitrogens with one attached hydrogen (secondary N) is 3. The molecule has 47 heavy (non-hydrogen) atoms. The lowest BCUT2D eigenvalue weighted by Crippen LogP contribution is -2.47. The number of ether oxygens (including phenoxy) is 1. The number of piperidine rings is 1. The van der Waals surface area contributed by atoms with Crippen LogP contribution in [0.2, 0.25) is 0 Å². The van der Waals surface area contributed by atoms with Crippen LogP contribution in [0.25, 0.3) is 10.9 Å². The zero-order chi connectivity index (χ0) is 32.7. The third-order valence-corrected chi connectivity index (χ3v) is 12.6. The Morgan fingerprint density at radius 1 is 1.04 bits per heavy atom. The standard InChI is InChI=1S/C39H55N5O3/c1-25-17-35(47-4)33(37(45)42-25)24-41-38(46)36-27(3)44(34-8-6-5-7-32(34)36)26(2)31-9-14-43(15-10-31)16-13-40-12-11-39-21-28-18-29(22-39)20-30(19-28)23-39/h5-8,17,26,28-31,40H,9-16,18-24H2,1-4H3,(H,41,46)(H,42,45)/t26-,28?,29?,30?,39?/m1/s1. The molecular formula is C39H55N5O3. The zero-order valence-electron chi connectivity index (χ0n) is 29.0. The molecule has 254 valence electrons. The van der Waals surface area contributed by atoms with Crippen molar-refractivity contribution < 1.29 is 9.53 Å². The highest BCUT2D eigenvalue weighted by molar-refractivity contribution is 6.08. The van der Waals surface area contributed by atoms with E-state index in [9.17, 15) is 9.59 Å². The fourth-order valence-electron chi connectivity index (χ4n) is 10.7. The molecule has 4 aliphatic carbocycles. The average molecular weight is 642 g/mol. The Labute approximate surface area is 280 Å². The van der Waals surface area contributed by atoms with Gasteiger partial charge < -0.3 is 29.8 Å². The van der Waals surface area contributed by atoms with Crippen LogP contribution >= 0.6 is 0 Å². The van der Waals surface area contributed by atoms with Crippen molar-refractivity contribution >= 4 is 16.8 Å². The number of hydrogen-bond acceptors (Lipinski definition) is 5. The van der Waals surface area contributed by atoms with Crippen molar-refractivity contribution in [2.75, 3.05) is 39.8 Å². The Morgan fingerprint density at radius 2 is 1.72 bits per heavy atom. The lowest BCUT2D eigenvalue weighted by molar-refractivity contribution is -0.0567. The van der Waals surface area contributed by atoms with E-state index in [0.717, 1.165) is 79.1 Å². The molecule has 8 heteroatoms. The first-order valence-corrected chi connectivity index (χ1v) is 18.3. The highest BCUT2D eigenvalue weighted by Gasteiger charge is 2.50. The molecule has 5 fully saturated rings. The number of carbonyl (C=O) groups is 1. The van der Waals surface area contributed by atoms with E-state index in [4.69, 9.17) is 4.74 Å². The van der Waals surface area contributed by atoms with Gasteiger partial charge in [-0.25, -0.2) is 0 Å². The van der Waals surface area contributed by atoms with Crippen molar-refractivity contribution in [3.63, 3.8) is 0 Å². The first kappa shape index (κ1) is 32.4. The maximum atomic E-state index is 13.7. The molecular weight excluding hydrogens is 586 g/mol. The summed E-state index contributed by atoms with van der Waals surface area (Å²) < 4.78 is 7.82. The van der Waals surface area contributed by atoms with E-state index in [1.807, 2.05) is 19.1 Å². The van der Waals surface area contributed by atoms with Crippen LogP contribution in [0.1, 0.15) is 98.1 Å². The summed E-state index contributed by atoms with van der Waals surface area (Å²) in [6.07, 6.45) is 12.9. The molecule has 3 heterocycles. The normalized spacial score (nSPS) is 26.6. The molecule has 1 aliphatic heterocycles. The first-order chi connectivity index (χ1) is 22.7. The highest BCUT2D eigenvalue weighted by atomic mass is 16.5. The second-order valence-corrected chi connectivity index (χ2v) is 15.7. The molecule has 1 saturated heterocycles. The van der Waals surface area contributed by atoms with Crippen LogP contribution in [0.3, 0.4) is 0 Å². The molecule has 1 aromatic carbocycles. The Morgan fingerprint density at radius 3 is 2.40 bits per heavy atom. The molecule has 2 aromatic heterocycles. The highest BCUT2D eigenvalue weighted by Crippen LogP contribution is 2.61. The third kappa shape index (κ3) is 6.52. The van der Waals surface area contributed by atoms with E-state index < -0.39 is 0 Å². The van der Waals surface area contributed by atoms with Crippen molar-refractivity contribution in [3.05, 3.63) is 63.2 Å². The van der Waals surface area contributed by atoms with Crippen LogP contribution in [0.4, 0.5) is 0 Å². The number of para-hydroxylation sites is 1. The lowest BCUT2D eigenvalue weighted by Gasteiger charge is -2.57. The molecule has 4 bridgehead atoms. The van der Waals surface area contributed by atoms with Gasteiger partial charge in [0.1, 0.15) is 5.75 Å². The number of methoxy groups -OCH3 is 1. The maximum Gasteiger partial charge on any atom is 0.256 e. The number of rotatable bonds is 12. The summed E-state index contributed by atoms with van der Waals surface area (Å²) in [5.41, 5.74) is 4.34. The van der Waals surface area contributed by atoms with Crippen LogP contribution in [0.15, 0.2) is 35.1 Å². The number of fused-ring (bicyclic) bond motifs is 1. The lowest BCUT2D eigenvalue weighted by atomic mass is 9.49. The number of aryl methyl sites for hydroxylation is 1. The molecule has 3 aromatic rings. The molecule has 1 atom stereocenters. The minimum atomic E-state index is -0.241. The minimum absolute atomic E-state index is 0.0989. The van der Waals surface area contributed by atoms with E-state index in [1.54, 1.807) is 13.2 Å². The second-order valence-electron chi connectivity index (χ2n) is 15.7. The molecule has 3 N–H and O–H groups in total. The van der Waals surface area contributed by atoms with E-state index in [1.165, 1.54) is 51.5 Å². The van der Waals surface area contributed by atoms with Gasteiger partial charge in [0, 0.05) is 41.4 Å². The van der Waals surface area contributed by atoms with Crippen LogP contribution in [-0.2, 0) is 6.54 Å². The Bertz CT molecular complexity index is 1610. The summed E-state index contributed by atoms with van der Waals surface area (Å²) >= 11 is 0. The number of aromatic nitrogens is 2. The van der Waals surface area contributed by atoms with E-state index in [-0.39, 0.29) is 24.1 Å². The van der Waals surface area contributed by atoms with Crippen molar-refractivity contribution in [2.24, 2.45) is 29.1 Å². The predicted octanol–water partition coefficient (Wildman–Crippen LogP) is 6.35. The molecule has 0 radical (unpaired) electrons. The molecule has 5 aliphatic rings. The van der Waals surface area contributed by atoms with Gasteiger partial charge in [0.15, 0.2) is 0 Å². The Balaban J connectivity index is 0.934. The SMILES string of the molecule is COc1cc(C)[nH]c(=O)c1CNC(=O)c1c(C)n([C@H](C)C2CCN(CCNCCC34CC5CC(CC(C5)C3)C4)CC2)c2ccccc12. The summed E-state index contributed by atoms with van der Waals surface area (Å²) in [4.78, 5) is 31.8. The van der Waals surface area contributed by atoms with Crippen LogP contribution in [0, 0.1) is 42.9 Å². The van der Waals surface area contributed by atoms with Crippen molar-refractivity contribution in [1.82, 2.24) is 25.1 Å². The van der Waals surface area contributed by atoms with Crippen molar-refractivity contribution in [3.8, 4) is 5.75 Å². The van der Waals surface area contributed by atoms with Gasteiger partial charge in [-0.1, -0.05) is 18.2 Å². The summed E-state index contributed by atoms with van der Waals surface area (Å²) in [6.45, 7) is 12.0. The Hall–Kier alpha value is -3.10. The predicted molar refractivity (Wildman–Crippen MR) is 188 cm³/mol. The number of hydrogen-bond donors (Lipinski definition) is 3. The summed E-state index contributed by atoms with van der Waals surface area (Å²) in [5, 5.41) is 7.80. The van der Waals surface area contributed by atoms with Gasteiger partial charge in [0.25, 0.3) is 11.5 Å². The van der Waals surface area contributed by atoms with Gasteiger partial charge in [0.05, 0.1) is 24.8 Å². The maximum absolute atomic E-state index is 13.7. The van der Waals surface area contributed by atoms with Crippen molar-refractivity contribution in [2.45, 2.75) is 91.1 Å². The molecule has 0 unspecified atom stereocenters. The molecule has 4 saturated carbocycles. The Kier molecular flexibility index (Phi) is 9.27. The van der Waals surface area contributed by atoms with E-state index in [0.29, 0.717) is 28.2 Å². The number of carbonyl (C=O) groups excluding carboxylic acids is 1. The number of nitrogens with zero attached hydrogens (tertiary/aromatic N) is 2. The summed E-state index contributed by atoms with van der Waals surface area (Å²) in [6, 6.07) is 10.3. The smallest absolute Gasteiger partial charge is 0.256 e. The van der Waals surface area contributed by atoms with Crippen LogP contribution < -0.4 is 20.9 Å². The number of amides is 1. The molecule has 8 nitrogen and oxygen atoms in total. The topological polar surface area (TPSA) is 91.4 Å². The van der Waals surface area contributed by atoms with Gasteiger partial charge in [-0.15, -0.1) is 0 Å². The molecule has 0 spiro atoms. The zero-order valence-corrected chi connectivity index (χ0v) is 29.0. The number of pyridine rings is 1. The van der Waals surface area contributed by atoms with Gasteiger partial charge in [-0.3, -0.25) is 9.59 Å². The number of aromatic amines is 1. The van der Waals surface area contributed by atoms with Crippen LogP contribution in [0.5, 0.6) is 5.75 Å². The average Bonchev–Trinajstić information content (AvgIpc) is 3.34. The van der Waals surface area contributed by atoms with Gasteiger partial charge >= 0.3 is 0 Å². The molecule has 8 rings (SSSR count). The number of benzene rings is 1. The quantitative estimate of drug-likeness (QED) is 0.201. The van der Waals surface area contributed by atoms with E-state index in [2.05, 4.69) is 51.1 Å². The van der Waals surface area contributed by atoms with Crippen molar-refractivity contribution in [1.29, 1.82) is 0 Å². The summed E-state index contributed by atoms with van der Waals surface area (Å²) in [5.74, 6) is 4.00. The second kappa shape index (κ2) is 13.4. The van der Waals surface area contributed by atoms with Gasteiger partial charge in [-0.05, 0) is 139 Å². The van der Waals surface area contributed by atoms with Crippen LogP contribution in [-0.4, -0.2) is 60.2 Å². The fraction of sp³-hybridized carbons (Fsp3) is 0.641.